The minimum Gasteiger partial charge on any atom is -0.299 e. The summed E-state index contributed by atoms with van der Waals surface area (Å²) in [5.41, 5.74) is 0.610. The normalized spacial score (nSPS) is 31.9. The molecule has 2 spiro atoms. The van der Waals surface area contributed by atoms with Crippen LogP contribution in [0.3, 0.4) is 0 Å². The summed E-state index contributed by atoms with van der Waals surface area (Å²) in [7, 11) is 0. The molecular weight excluding hydrogens is 208 g/mol. The molecule has 96 valence electrons. The molecule has 3 fully saturated rings. The van der Waals surface area contributed by atoms with Crippen molar-refractivity contribution in [2.45, 2.75) is 83.5 Å². The van der Waals surface area contributed by atoms with E-state index in [1.807, 2.05) is 0 Å². The van der Waals surface area contributed by atoms with Crippen molar-refractivity contribution in [1.29, 1.82) is 0 Å². The van der Waals surface area contributed by atoms with Gasteiger partial charge < -0.3 is 0 Å². The topological polar surface area (TPSA) is 17.1 Å². The van der Waals surface area contributed by atoms with Crippen molar-refractivity contribution in [2.24, 2.45) is 10.8 Å². The molecule has 3 aliphatic rings. The Hall–Kier alpha value is -0.330. The van der Waals surface area contributed by atoms with Gasteiger partial charge in [0.25, 0.3) is 0 Å². The average molecular weight is 234 g/mol. The molecule has 0 atom stereocenters. The van der Waals surface area contributed by atoms with E-state index in [0.717, 1.165) is 6.42 Å². The molecule has 0 radical (unpaired) electrons. The molecule has 3 saturated carbocycles. The Labute approximate surface area is 105 Å². The monoisotopic (exact) mass is 234 g/mol. The maximum absolute atomic E-state index is 12.6. The highest BCUT2D eigenvalue weighted by Crippen LogP contribution is 2.54. The lowest BCUT2D eigenvalue weighted by Gasteiger charge is -2.48. The van der Waals surface area contributed by atoms with Gasteiger partial charge in [-0.15, -0.1) is 0 Å². The van der Waals surface area contributed by atoms with Crippen LogP contribution in [0, 0.1) is 10.8 Å². The van der Waals surface area contributed by atoms with Gasteiger partial charge in [-0.05, 0) is 43.9 Å². The molecule has 0 aromatic heterocycles. The van der Waals surface area contributed by atoms with Crippen LogP contribution in [0.15, 0.2) is 0 Å². The summed E-state index contributed by atoms with van der Waals surface area (Å²) in [6.45, 7) is 0. The third-order valence-corrected chi connectivity index (χ3v) is 5.99. The molecule has 3 rings (SSSR count). The minimum absolute atomic E-state index is 0.154. The molecule has 17 heavy (non-hydrogen) atoms. The Kier molecular flexibility index (Phi) is 3.04. The zero-order valence-corrected chi connectivity index (χ0v) is 11.1. The van der Waals surface area contributed by atoms with E-state index >= 15 is 0 Å². The maximum Gasteiger partial charge on any atom is 0.139 e. The fourth-order valence-corrected chi connectivity index (χ4v) is 4.75. The van der Waals surface area contributed by atoms with E-state index in [9.17, 15) is 4.79 Å². The highest BCUT2D eigenvalue weighted by molar-refractivity contribution is 5.86. The molecule has 0 N–H and O–H groups in total. The third-order valence-electron chi connectivity index (χ3n) is 5.99. The molecule has 3 aliphatic carbocycles. The number of rotatable bonds is 0. The van der Waals surface area contributed by atoms with Gasteiger partial charge in [0.15, 0.2) is 0 Å². The maximum atomic E-state index is 12.6. The number of hydrogen-bond donors (Lipinski definition) is 0. The van der Waals surface area contributed by atoms with E-state index in [2.05, 4.69) is 0 Å². The highest BCUT2D eigenvalue weighted by Gasteiger charge is 2.48. The van der Waals surface area contributed by atoms with Crippen LogP contribution in [0.5, 0.6) is 0 Å². The van der Waals surface area contributed by atoms with Crippen molar-refractivity contribution in [3.63, 3.8) is 0 Å². The van der Waals surface area contributed by atoms with Gasteiger partial charge in [0.1, 0.15) is 5.78 Å². The number of ketones is 1. The smallest absolute Gasteiger partial charge is 0.139 e. The number of Topliss-reactive ketones (excluding diaryl/α,β-unsaturated/α-hetero) is 1. The number of carbonyl (C=O) groups excluding carboxylic acids is 1. The van der Waals surface area contributed by atoms with Gasteiger partial charge in [-0.3, -0.25) is 4.79 Å². The molecule has 0 aromatic rings. The van der Waals surface area contributed by atoms with Gasteiger partial charge in [0.2, 0.25) is 0 Å². The summed E-state index contributed by atoms with van der Waals surface area (Å²) in [5, 5.41) is 0. The van der Waals surface area contributed by atoms with Crippen LogP contribution in [0.4, 0.5) is 0 Å². The summed E-state index contributed by atoms with van der Waals surface area (Å²) in [6, 6.07) is 0. The first-order chi connectivity index (χ1) is 8.25. The Morgan fingerprint density at radius 2 is 1.24 bits per heavy atom. The molecule has 0 aliphatic heterocycles. The molecular formula is C16H26O. The van der Waals surface area contributed by atoms with Crippen LogP contribution in [0.2, 0.25) is 0 Å². The predicted molar refractivity (Wildman–Crippen MR) is 69.9 cm³/mol. The van der Waals surface area contributed by atoms with Gasteiger partial charge in [0.05, 0.1) is 0 Å². The zero-order valence-electron chi connectivity index (χ0n) is 11.1. The molecule has 1 heteroatoms. The lowest BCUT2D eigenvalue weighted by molar-refractivity contribution is -0.139. The van der Waals surface area contributed by atoms with Crippen molar-refractivity contribution >= 4 is 5.78 Å². The molecule has 0 aromatic carbocycles. The molecule has 0 unspecified atom stereocenters. The first-order valence-corrected chi connectivity index (χ1v) is 7.78. The number of carbonyl (C=O) groups is 1. The molecule has 1 nitrogen and oxygen atoms in total. The minimum atomic E-state index is 0.154. The summed E-state index contributed by atoms with van der Waals surface area (Å²) in [5.74, 6) is 0.658. The van der Waals surface area contributed by atoms with E-state index < -0.39 is 0 Å². The quantitative estimate of drug-likeness (QED) is 0.596. The fourth-order valence-electron chi connectivity index (χ4n) is 4.75. The predicted octanol–water partition coefficient (Wildman–Crippen LogP) is 4.64. The van der Waals surface area contributed by atoms with Crippen LogP contribution in [-0.2, 0) is 4.79 Å². The largest absolute Gasteiger partial charge is 0.299 e. The molecule has 0 amide bonds. The highest BCUT2D eigenvalue weighted by atomic mass is 16.1. The van der Waals surface area contributed by atoms with Crippen molar-refractivity contribution in [3.05, 3.63) is 0 Å². The van der Waals surface area contributed by atoms with E-state index in [1.54, 1.807) is 0 Å². The second-order valence-electron chi connectivity index (χ2n) is 7.00. The van der Waals surface area contributed by atoms with Crippen molar-refractivity contribution in [1.82, 2.24) is 0 Å². The van der Waals surface area contributed by atoms with Crippen molar-refractivity contribution in [3.8, 4) is 0 Å². The summed E-state index contributed by atoms with van der Waals surface area (Å²) in [4.78, 5) is 12.6. The Morgan fingerprint density at radius 3 is 1.82 bits per heavy atom. The fraction of sp³-hybridized carbons (Fsp3) is 0.938. The van der Waals surface area contributed by atoms with E-state index in [1.165, 1.54) is 77.0 Å². The standard InChI is InChI=1S/C16H26O/c17-14-13-15(7-3-1-4-8-15)11-12-16(14)9-5-2-6-10-16/h1-13H2. The first-order valence-electron chi connectivity index (χ1n) is 7.78. The first kappa shape index (κ1) is 11.7. The Bertz CT molecular complexity index is 293. The SMILES string of the molecule is O=C1CC2(CCCCC2)CCC12CCCCC2. The second-order valence-corrected chi connectivity index (χ2v) is 7.00. The number of hydrogen-bond acceptors (Lipinski definition) is 1. The lowest BCUT2D eigenvalue weighted by Crippen LogP contribution is -2.44. The van der Waals surface area contributed by atoms with Gasteiger partial charge in [-0.2, -0.15) is 0 Å². The summed E-state index contributed by atoms with van der Waals surface area (Å²) < 4.78 is 0. The summed E-state index contributed by atoms with van der Waals surface area (Å²) in [6.07, 6.45) is 16.8. The molecule has 0 heterocycles. The van der Waals surface area contributed by atoms with E-state index in [4.69, 9.17) is 0 Å². The molecule has 0 saturated heterocycles. The van der Waals surface area contributed by atoms with Crippen molar-refractivity contribution in [2.75, 3.05) is 0 Å². The lowest BCUT2D eigenvalue weighted by atomic mass is 9.55. The van der Waals surface area contributed by atoms with Crippen LogP contribution in [-0.4, -0.2) is 5.78 Å². The zero-order chi connectivity index (χ0) is 11.8. The van der Waals surface area contributed by atoms with Crippen LogP contribution >= 0.6 is 0 Å². The average Bonchev–Trinajstić information content (AvgIpc) is 2.37. The summed E-state index contributed by atoms with van der Waals surface area (Å²) >= 11 is 0. The van der Waals surface area contributed by atoms with E-state index in [0.29, 0.717) is 11.2 Å². The van der Waals surface area contributed by atoms with Crippen molar-refractivity contribution < 1.29 is 4.79 Å². The Balaban J connectivity index is 1.72. The van der Waals surface area contributed by atoms with Gasteiger partial charge in [-0.1, -0.05) is 38.5 Å². The van der Waals surface area contributed by atoms with E-state index in [-0.39, 0.29) is 5.41 Å². The second kappa shape index (κ2) is 4.40. The molecule has 0 bridgehead atoms. The Morgan fingerprint density at radius 1 is 0.647 bits per heavy atom. The van der Waals surface area contributed by atoms with Gasteiger partial charge in [0, 0.05) is 11.8 Å². The van der Waals surface area contributed by atoms with Gasteiger partial charge >= 0.3 is 0 Å². The van der Waals surface area contributed by atoms with Gasteiger partial charge in [-0.25, -0.2) is 0 Å². The van der Waals surface area contributed by atoms with Crippen LogP contribution in [0.25, 0.3) is 0 Å². The van der Waals surface area contributed by atoms with Crippen LogP contribution < -0.4 is 0 Å². The third kappa shape index (κ3) is 2.06. The van der Waals surface area contributed by atoms with Crippen LogP contribution in [0.1, 0.15) is 83.5 Å².